The molecule has 0 aliphatic heterocycles. The van der Waals surface area contributed by atoms with E-state index in [0.717, 1.165) is 6.42 Å². The molecule has 0 bridgehead atoms. The van der Waals surface area contributed by atoms with E-state index in [1.807, 2.05) is 24.4 Å². The highest BCUT2D eigenvalue weighted by molar-refractivity contribution is 6.19. The van der Waals surface area contributed by atoms with Crippen LogP contribution >= 0.6 is 11.6 Å². The summed E-state index contributed by atoms with van der Waals surface area (Å²) in [7, 11) is 0. The third-order valence-electron chi connectivity index (χ3n) is 2.51. The minimum atomic E-state index is 0.553. The summed E-state index contributed by atoms with van der Waals surface area (Å²) in [6, 6.07) is 12.5. The topological polar surface area (TPSA) is 12.9 Å². The van der Waals surface area contributed by atoms with Crippen LogP contribution in [0.4, 0.5) is 0 Å². The van der Waals surface area contributed by atoms with Crippen molar-refractivity contribution in [1.29, 1.82) is 0 Å². The second-order valence-electron chi connectivity index (χ2n) is 3.84. The quantitative estimate of drug-likeness (QED) is 0.742. The van der Waals surface area contributed by atoms with Gasteiger partial charge < -0.3 is 0 Å². The van der Waals surface area contributed by atoms with Gasteiger partial charge in [-0.05, 0) is 29.2 Å². The number of rotatable bonds is 4. The third-order valence-corrected chi connectivity index (χ3v) is 2.69. The van der Waals surface area contributed by atoms with E-state index in [9.17, 15) is 0 Å². The fourth-order valence-corrected chi connectivity index (χ4v) is 1.75. The predicted molar refractivity (Wildman–Crippen MR) is 73.2 cm³/mol. The zero-order valence-electron chi connectivity index (χ0n) is 9.51. The highest BCUT2D eigenvalue weighted by atomic mass is 35.5. The fraction of sp³-hybridized carbons (Fsp3) is 0.133. The molecular formula is C15H14ClN. The van der Waals surface area contributed by atoms with Gasteiger partial charge in [-0.3, -0.25) is 4.98 Å². The summed E-state index contributed by atoms with van der Waals surface area (Å²) in [4.78, 5) is 4.11. The Bertz CT molecular complexity index is 474. The maximum atomic E-state index is 5.60. The van der Waals surface area contributed by atoms with Crippen LogP contribution in [0.3, 0.4) is 0 Å². The predicted octanol–water partition coefficient (Wildman–Crippen LogP) is 3.92. The Hall–Kier alpha value is -1.60. The monoisotopic (exact) mass is 243 g/mol. The number of nitrogens with zero attached hydrogens (tertiary/aromatic N) is 1. The van der Waals surface area contributed by atoms with E-state index in [2.05, 4.69) is 35.3 Å². The van der Waals surface area contributed by atoms with Gasteiger partial charge >= 0.3 is 0 Å². The van der Waals surface area contributed by atoms with Crippen molar-refractivity contribution in [2.45, 2.75) is 6.42 Å². The Morgan fingerprint density at radius 2 is 1.88 bits per heavy atom. The average Bonchev–Trinajstić information content (AvgIpc) is 2.39. The lowest BCUT2D eigenvalue weighted by molar-refractivity contribution is 1.14. The molecule has 0 N–H and O–H groups in total. The summed E-state index contributed by atoms with van der Waals surface area (Å²) < 4.78 is 0. The summed E-state index contributed by atoms with van der Waals surface area (Å²) in [5.41, 5.74) is 3.71. The van der Waals surface area contributed by atoms with Crippen LogP contribution in [0, 0.1) is 0 Å². The zero-order chi connectivity index (χ0) is 11.9. The number of pyridine rings is 1. The van der Waals surface area contributed by atoms with Gasteiger partial charge in [-0.1, -0.05) is 42.5 Å². The van der Waals surface area contributed by atoms with Crippen LogP contribution in [0.2, 0.25) is 0 Å². The standard InChI is InChI=1S/C15H14ClN/c16-9-1-3-13-5-7-14(8-6-13)11-15-4-2-10-17-12-15/h1-8,10,12H,9,11H2. The lowest BCUT2D eigenvalue weighted by atomic mass is 10.0. The van der Waals surface area contributed by atoms with E-state index in [-0.39, 0.29) is 0 Å². The first-order valence-corrected chi connectivity index (χ1v) is 6.12. The van der Waals surface area contributed by atoms with E-state index < -0.39 is 0 Å². The van der Waals surface area contributed by atoms with Crippen molar-refractivity contribution in [3.8, 4) is 0 Å². The number of halogens is 1. The van der Waals surface area contributed by atoms with E-state index in [1.54, 1.807) is 6.20 Å². The van der Waals surface area contributed by atoms with Crippen molar-refractivity contribution in [3.05, 3.63) is 71.6 Å². The van der Waals surface area contributed by atoms with Crippen molar-refractivity contribution >= 4 is 17.7 Å². The highest BCUT2D eigenvalue weighted by Gasteiger charge is 1.95. The third kappa shape index (κ3) is 3.72. The normalized spacial score (nSPS) is 10.9. The largest absolute Gasteiger partial charge is 0.264 e. The summed E-state index contributed by atoms with van der Waals surface area (Å²) in [5.74, 6) is 0.553. The first kappa shape index (κ1) is 11.9. The van der Waals surface area contributed by atoms with E-state index >= 15 is 0 Å². The molecule has 0 spiro atoms. The molecule has 86 valence electrons. The number of allylic oxidation sites excluding steroid dienone is 1. The zero-order valence-corrected chi connectivity index (χ0v) is 10.3. The molecule has 1 aromatic carbocycles. The van der Waals surface area contributed by atoms with Gasteiger partial charge in [-0.2, -0.15) is 0 Å². The molecule has 17 heavy (non-hydrogen) atoms. The van der Waals surface area contributed by atoms with Crippen molar-refractivity contribution in [1.82, 2.24) is 4.98 Å². The van der Waals surface area contributed by atoms with Gasteiger partial charge in [-0.15, -0.1) is 11.6 Å². The van der Waals surface area contributed by atoms with Crippen molar-refractivity contribution in [3.63, 3.8) is 0 Å². The molecule has 1 nitrogen and oxygen atoms in total. The van der Waals surface area contributed by atoms with Crippen LogP contribution in [0.1, 0.15) is 16.7 Å². The van der Waals surface area contributed by atoms with Crippen molar-refractivity contribution in [2.24, 2.45) is 0 Å². The van der Waals surface area contributed by atoms with Crippen LogP contribution < -0.4 is 0 Å². The van der Waals surface area contributed by atoms with Crippen LogP contribution in [0.5, 0.6) is 0 Å². The number of hydrogen-bond donors (Lipinski definition) is 0. The molecule has 0 unspecified atom stereocenters. The number of hydrogen-bond acceptors (Lipinski definition) is 1. The smallest absolute Gasteiger partial charge is 0.0407 e. The molecule has 0 amide bonds. The molecule has 0 radical (unpaired) electrons. The summed E-state index contributed by atoms with van der Waals surface area (Å²) in [6.45, 7) is 0. The second-order valence-corrected chi connectivity index (χ2v) is 4.14. The van der Waals surface area contributed by atoms with E-state index in [1.165, 1.54) is 16.7 Å². The summed E-state index contributed by atoms with van der Waals surface area (Å²) in [6.07, 6.45) is 8.59. The van der Waals surface area contributed by atoms with Crippen LogP contribution in [-0.4, -0.2) is 10.9 Å². The first-order chi connectivity index (χ1) is 8.38. The Morgan fingerprint density at radius 1 is 1.06 bits per heavy atom. The SMILES string of the molecule is ClCC=Cc1ccc(Cc2cccnc2)cc1. The molecule has 2 aromatic rings. The Balaban J connectivity index is 2.06. The van der Waals surface area contributed by atoms with Gasteiger partial charge in [0.15, 0.2) is 0 Å². The van der Waals surface area contributed by atoms with E-state index in [4.69, 9.17) is 11.6 Å². The van der Waals surface area contributed by atoms with Gasteiger partial charge in [0.25, 0.3) is 0 Å². The molecule has 0 saturated carbocycles. The minimum absolute atomic E-state index is 0.553. The van der Waals surface area contributed by atoms with Crippen molar-refractivity contribution < 1.29 is 0 Å². The van der Waals surface area contributed by atoms with Gasteiger partial charge in [-0.25, -0.2) is 0 Å². The fourth-order valence-electron chi connectivity index (χ4n) is 1.67. The molecule has 0 saturated heterocycles. The molecule has 0 aliphatic rings. The summed E-state index contributed by atoms with van der Waals surface area (Å²) in [5, 5.41) is 0. The van der Waals surface area contributed by atoms with Crippen LogP contribution in [0.15, 0.2) is 54.9 Å². The number of alkyl halides is 1. The Morgan fingerprint density at radius 3 is 2.53 bits per heavy atom. The number of aromatic nitrogens is 1. The molecular weight excluding hydrogens is 230 g/mol. The second kappa shape index (κ2) is 6.21. The van der Waals surface area contributed by atoms with Gasteiger partial charge in [0.05, 0.1) is 0 Å². The highest BCUT2D eigenvalue weighted by Crippen LogP contribution is 2.11. The molecule has 0 atom stereocenters. The van der Waals surface area contributed by atoms with Crippen LogP contribution in [0.25, 0.3) is 6.08 Å². The summed E-state index contributed by atoms with van der Waals surface area (Å²) >= 11 is 5.60. The lowest BCUT2D eigenvalue weighted by Gasteiger charge is -2.01. The molecule has 1 heterocycles. The average molecular weight is 244 g/mol. The minimum Gasteiger partial charge on any atom is -0.264 e. The molecule has 2 heteroatoms. The molecule has 2 rings (SSSR count). The van der Waals surface area contributed by atoms with Crippen LogP contribution in [-0.2, 0) is 6.42 Å². The van der Waals surface area contributed by atoms with Gasteiger partial charge in [0, 0.05) is 18.3 Å². The molecule has 0 aliphatic carbocycles. The van der Waals surface area contributed by atoms with E-state index in [0.29, 0.717) is 5.88 Å². The Kier molecular flexibility index (Phi) is 4.34. The van der Waals surface area contributed by atoms with Gasteiger partial charge in [0.1, 0.15) is 0 Å². The molecule has 1 aromatic heterocycles. The number of benzene rings is 1. The maximum Gasteiger partial charge on any atom is 0.0407 e. The van der Waals surface area contributed by atoms with Gasteiger partial charge in [0.2, 0.25) is 0 Å². The van der Waals surface area contributed by atoms with Crippen molar-refractivity contribution in [2.75, 3.05) is 5.88 Å². The lowest BCUT2D eigenvalue weighted by Crippen LogP contribution is -1.88. The Labute approximate surface area is 107 Å². The maximum absolute atomic E-state index is 5.60. The first-order valence-electron chi connectivity index (χ1n) is 5.59. The molecule has 0 fully saturated rings.